The van der Waals surface area contributed by atoms with Gasteiger partial charge in [-0.2, -0.15) is 0 Å². The van der Waals surface area contributed by atoms with Crippen LogP contribution in [0, 0.1) is 26.7 Å². The summed E-state index contributed by atoms with van der Waals surface area (Å²) in [5.74, 6) is 1.16. The van der Waals surface area contributed by atoms with Crippen LogP contribution in [-0.2, 0) is 0 Å². The average molecular weight is 378 g/mol. The Labute approximate surface area is 164 Å². The quantitative estimate of drug-likeness (QED) is 0.682. The molecule has 0 bridgehead atoms. The fourth-order valence-corrected chi connectivity index (χ4v) is 4.11. The molecule has 3 heterocycles. The standard InChI is InChI=1S/C22H26N4O2/c1-12-11-17(13(2)25-21(12)28-5)19-20-18(9-10-23-19)26(22(27)14(3)24-20)15(4)16-7-6-8-16/h9-11,15-16H,6-8H2,1-5H3/t15-/m0/s1. The maximum absolute atomic E-state index is 13.0. The van der Waals surface area contributed by atoms with E-state index in [0.29, 0.717) is 17.5 Å². The monoisotopic (exact) mass is 378 g/mol. The van der Waals surface area contributed by atoms with E-state index in [1.807, 2.05) is 30.5 Å². The predicted octanol–water partition coefficient (Wildman–Crippen LogP) is 4.15. The van der Waals surface area contributed by atoms with Gasteiger partial charge in [-0.1, -0.05) is 6.42 Å². The van der Waals surface area contributed by atoms with Crippen molar-refractivity contribution in [3.8, 4) is 17.1 Å². The Balaban J connectivity index is 1.99. The van der Waals surface area contributed by atoms with E-state index in [4.69, 9.17) is 4.74 Å². The molecule has 6 heteroatoms. The minimum absolute atomic E-state index is 0.00944. The van der Waals surface area contributed by atoms with Gasteiger partial charge in [-0.05, 0) is 58.6 Å². The fourth-order valence-electron chi connectivity index (χ4n) is 4.11. The number of ether oxygens (including phenoxy) is 1. The molecule has 0 spiro atoms. The zero-order valence-electron chi connectivity index (χ0n) is 17.1. The van der Waals surface area contributed by atoms with Crippen molar-refractivity contribution in [1.29, 1.82) is 0 Å². The highest BCUT2D eigenvalue weighted by Gasteiger charge is 2.28. The zero-order valence-corrected chi connectivity index (χ0v) is 17.1. The summed E-state index contributed by atoms with van der Waals surface area (Å²) in [5.41, 5.74) is 5.52. The van der Waals surface area contributed by atoms with Crippen LogP contribution in [-0.4, -0.2) is 26.6 Å². The van der Waals surface area contributed by atoms with Gasteiger partial charge in [0.2, 0.25) is 5.88 Å². The number of aryl methyl sites for hydroxylation is 3. The molecule has 0 unspecified atom stereocenters. The molecule has 28 heavy (non-hydrogen) atoms. The minimum atomic E-state index is -0.00944. The van der Waals surface area contributed by atoms with Gasteiger partial charge in [-0.3, -0.25) is 9.78 Å². The van der Waals surface area contributed by atoms with Gasteiger partial charge >= 0.3 is 0 Å². The Hall–Kier alpha value is -2.76. The molecular formula is C22H26N4O2. The molecule has 0 amide bonds. The van der Waals surface area contributed by atoms with Crippen LogP contribution in [0.3, 0.4) is 0 Å². The highest BCUT2D eigenvalue weighted by Crippen LogP contribution is 2.37. The van der Waals surface area contributed by atoms with Crippen LogP contribution in [0.15, 0.2) is 23.1 Å². The van der Waals surface area contributed by atoms with Crippen LogP contribution in [0.25, 0.3) is 22.3 Å². The predicted molar refractivity (Wildman–Crippen MR) is 110 cm³/mol. The molecule has 0 radical (unpaired) electrons. The molecular weight excluding hydrogens is 352 g/mol. The third kappa shape index (κ3) is 2.87. The third-order valence-electron chi connectivity index (χ3n) is 6.02. The van der Waals surface area contributed by atoms with Crippen LogP contribution in [0.4, 0.5) is 0 Å². The van der Waals surface area contributed by atoms with Crippen molar-refractivity contribution in [1.82, 2.24) is 19.5 Å². The molecule has 3 aromatic heterocycles. The largest absolute Gasteiger partial charge is 0.481 e. The summed E-state index contributed by atoms with van der Waals surface area (Å²) in [5, 5.41) is 0. The molecule has 1 aliphatic carbocycles. The number of methoxy groups -OCH3 is 1. The van der Waals surface area contributed by atoms with Crippen molar-refractivity contribution in [3.63, 3.8) is 0 Å². The Bertz CT molecular complexity index is 1120. The summed E-state index contributed by atoms with van der Waals surface area (Å²) in [6.07, 6.45) is 5.36. The van der Waals surface area contributed by atoms with Crippen molar-refractivity contribution < 1.29 is 4.74 Å². The first-order chi connectivity index (χ1) is 13.4. The maximum Gasteiger partial charge on any atom is 0.272 e. The molecule has 1 fully saturated rings. The van der Waals surface area contributed by atoms with Gasteiger partial charge in [0.15, 0.2) is 0 Å². The first kappa shape index (κ1) is 18.6. The van der Waals surface area contributed by atoms with Gasteiger partial charge in [0.1, 0.15) is 11.2 Å². The van der Waals surface area contributed by atoms with Crippen LogP contribution < -0.4 is 10.3 Å². The Kier molecular flexibility index (Phi) is 4.65. The molecule has 6 nitrogen and oxygen atoms in total. The molecule has 146 valence electrons. The number of fused-ring (bicyclic) bond motifs is 1. The topological polar surface area (TPSA) is 69.9 Å². The first-order valence-electron chi connectivity index (χ1n) is 9.82. The van der Waals surface area contributed by atoms with E-state index < -0.39 is 0 Å². The number of hydrogen-bond acceptors (Lipinski definition) is 5. The van der Waals surface area contributed by atoms with Crippen LogP contribution in [0.2, 0.25) is 0 Å². The molecule has 3 aromatic rings. The van der Waals surface area contributed by atoms with Crippen LogP contribution in [0.5, 0.6) is 5.88 Å². The van der Waals surface area contributed by atoms with Gasteiger partial charge in [0.05, 0.1) is 24.0 Å². The van der Waals surface area contributed by atoms with Crippen molar-refractivity contribution >= 4 is 11.0 Å². The number of nitrogens with zero attached hydrogens (tertiary/aromatic N) is 4. The summed E-state index contributed by atoms with van der Waals surface area (Å²) in [6.45, 7) is 7.84. The maximum atomic E-state index is 13.0. The molecule has 0 saturated heterocycles. The van der Waals surface area contributed by atoms with E-state index in [0.717, 1.165) is 33.5 Å². The van der Waals surface area contributed by atoms with E-state index in [-0.39, 0.29) is 11.6 Å². The van der Waals surface area contributed by atoms with Gasteiger partial charge in [-0.15, -0.1) is 0 Å². The van der Waals surface area contributed by atoms with Crippen molar-refractivity contribution in [2.45, 2.75) is 53.0 Å². The SMILES string of the molecule is COc1nc(C)c(-c2nccc3c2nc(C)c(=O)n3[C@@H](C)C2CCC2)cc1C. The van der Waals surface area contributed by atoms with Gasteiger partial charge in [-0.25, -0.2) is 9.97 Å². The fraction of sp³-hybridized carbons (Fsp3) is 0.455. The molecule has 0 aliphatic heterocycles. The van der Waals surface area contributed by atoms with Crippen LogP contribution in [0.1, 0.15) is 49.2 Å². The van der Waals surface area contributed by atoms with Crippen molar-refractivity contribution in [2.24, 2.45) is 5.92 Å². The summed E-state index contributed by atoms with van der Waals surface area (Å²) in [4.78, 5) is 26.8. The molecule has 0 aromatic carbocycles. The number of rotatable bonds is 4. The first-order valence-corrected chi connectivity index (χ1v) is 9.82. The van der Waals surface area contributed by atoms with E-state index in [1.54, 1.807) is 20.2 Å². The lowest BCUT2D eigenvalue weighted by molar-refractivity contribution is 0.222. The highest BCUT2D eigenvalue weighted by molar-refractivity contribution is 5.90. The van der Waals surface area contributed by atoms with E-state index in [2.05, 4.69) is 21.9 Å². The summed E-state index contributed by atoms with van der Waals surface area (Å²) >= 11 is 0. The number of pyridine rings is 2. The molecule has 1 saturated carbocycles. The highest BCUT2D eigenvalue weighted by atomic mass is 16.5. The lowest BCUT2D eigenvalue weighted by atomic mass is 9.80. The second-order valence-corrected chi connectivity index (χ2v) is 7.78. The smallest absolute Gasteiger partial charge is 0.272 e. The third-order valence-corrected chi connectivity index (χ3v) is 6.02. The zero-order chi connectivity index (χ0) is 20.0. The van der Waals surface area contributed by atoms with Crippen molar-refractivity contribution in [2.75, 3.05) is 7.11 Å². The minimum Gasteiger partial charge on any atom is -0.481 e. The molecule has 0 N–H and O–H groups in total. The molecule has 4 rings (SSSR count). The van der Waals surface area contributed by atoms with Gasteiger partial charge in [0.25, 0.3) is 5.56 Å². The summed E-state index contributed by atoms with van der Waals surface area (Å²) < 4.78 is 7.26. The van der Waals surface area contributed by atoms with Crippen LogP contribution >= 0.6 is 0 Å². The molecule has 1 atom stereocenters. The Morgan fingerprint density at radius 3 is 2.57 bits per heavy atom. The summed E-state index contributed by atoms with van der Waals surface area (Å²) in [6, 6.07) is 4.09. The Morgan fingerprint density at radius 1 is 1.18 bits per heavy atom. The average Bonchev–Trinajstić information content (AvgIpc) is 2.62. The molecule has 1 aliphatic rings. The van der Waals surface area contributed by atoms with Gasteiger partial charge < -0.3 is 9.30 Å². The second-order valence-electron chi connectivity index (χ2n) is 7.78. The Morgan fingerprint density at radius 2 is 1.93 bits per heavy atom. The van der Waals surface area contributed by atoms with E-state index in [1.165, 1.54) is 19.3 Å². The number of hydrogen-bond donors (Lipinski definition) is 0. The van der Waals surface area contributed by atoms with E-state index >= 15 is 0 Å². The summed E-state index contributed by atoms with van der Waals surface area (Å²) in [7, 11) is 1.62. The lowest BCUT2D eigenvalue weighted by Gasteiger charge is -2.33. The normalized spacial score (nSPS) is 15.5. The second kappa shape index (κ2) is 7.00. The van der Waals surface area contributed by atoms with Crippen molar-refractivity contribution in [3.05, 3.63) is 45.6 Å². The lowest BCUT2D eigenvalue weighted by Crippen LogP contribution is -2.33. The van der Waals surface area contributed by atoms with Gasteiger partial charge in [0, 0.05) is 23.4 Å². The van der Waals surface area contributed by atoms with E-state index in [9.17, 15) is 4.79 Å². The number of aromatic nitrogens is 4.